The number of amides is 4. The first-order chi connectivity index (χ1) is 31.4. The molecule has 0 bridgehead atoms. The molecule has 0 atom stereocenters. The van der Waals surface area contributed by atoms with Crippen molar-refractivity contribution in [1.29, 1.82) is 0 Å². The van der Waals surface area contributed by atoms with Crippen molar-refractivity contribution in [2.75, 3.05) is 182 Å². The van der Waals surface area contributed by atoms with Crippen molar-refractivity contribution < 1.29 is 52.6 Å². The van der Waals surface area contributed by atoms with Crippen molar-refractivity contribution in [3.05, 3.63) is 0 Å². The Hall–Kier alpha value is -0.630. The summed E-state index contributed by atoms with van der Waals surface area (Å²) in [5.74, 6) is 2.37. The second kappa shape index (κ2) is 65.5. The van der Waals surface area contributed by atoms with Gasteiger partial charge >= 0.3 is 0 Å². The Kier molecular flexibility index (Phi) is 73.8. The molecule has 386 valence electrons. The minimum absolute atomic E-state index is 0.0729. The summed E-state index contributed by atoms with van der Waals surface area (Å²) in [5.41, 5.74) is 0. The van der Waals surface area contributed by atoms with Gasteiger partial charge in [-0.1, -0.05) is 86.4 Å². The Morgan fingerprint density at radius 1 is 0.477 bits per heavy atom. The Balaban J connectivity index is -0.000000425. The molecular weight excluding hydrogens is 1000 g/mol. The molecule has 1 fully saturated rings. The molecule has 0 unspecified atom stereocenters. The van der Waals surface area contributed by atoms with Gasteiger partial charge in [-0.15, -0.1) is 0 Å². The molecule has 1 rings (SSSR count). The van der Waals surface area contributed by atoms with E-state index >= 15 is 0 Å². The van der Waals surface area contributed by atoms with Crippen LogP contribution in [0.1, 0.15) is 19.3 Å². The number of carbonyl (C=O) groups excluding carboxylic acids is 7. The quantitative estimate of drug-likeness (QED) is 0.0261. The minimum Gasteiger partial charge on any atom is -0.378 e. The summed E-state index contributed by atoms with van der Waals surface area (Å²) in [7, 11) is 15.7. The summed E-state index contributed by atoms with van der Waals surface area (Å²) in [6.07, 6.45) is 20.2. The van der Waals surface area contributed by atoms with E-state index in [4.69, 9.17) is 14.2 Å². The average Bonchev–Trinajstić information content (AvgIpc) is 3.33. The topological polar surface area (TPSA) is 240 Å². The number of carbonyl (C=O) groups is 7. The minimum atomic E-state index is -0.652. The van der Waals surface area contributed by atoms with E-state index in [1.54, 1.807) is 86.4 Å². The maximum absolute atomic E-state index is 11.0. The van der Waals surface area contributed by atoms with Gasteiger partial charge in [0.1, 0.15) is 6.61 Å². The molecule has 1 aliphatic rings. The molecule has 0 aliphatic carbocycles. The highest BCUT2D eigenvalue weighted by molar-refractivity contribution is 8.77. The summed E-state index contributed by atoms with van der Waals surface area (Å²) in [5, 5.41) is 9.69. The highest BCUT2D eigenvalue weighted by atomic mass is 33.1. The molecule has 27 heteroatoms. The van der Waals surface area contributed by atoms with E-state index in [2.05, 4.69) is 96.7 Å². The van der Waals surface area contributed by atoms with Gasteiger partial charge in [-0.05, 0) is 109 Å². The van der Waals surface area contributed by atoms with Crippen LogP contribution < -0.4 is 27.2 Å². The van der Waals surface area contributed by atoms with Gasteiger partial charge in [-0.3, -0.25) is 38.4 Å². The van der Waals surface area contributed by atoms with Crippen LogP contribution in [0, 0.1) is 0 Å². The smallest absolute Gasteiger partial charge is 0.284 e. The number of ether oxygens (including phenoxy) is 3. The second-order valence-electron chi connectivity index (χ2n) is 12.0. The maximum Gasteiger partial charge on any atom is 0.284 e. The van der Waals surface area contributed by atoms with Gasteiger partial charge in [0.05, 0.1) is 39.6 Å². The second-order valence-corrected chi connectivity index (χ2v) is 22.6. The van der Waals surface area contributed by atoms with Crippen molar-refractivity contribution in [2.24, 2.45) is 5.90 Å². The van der Waals surface area contributed by atoms with Crippen LogP contribution in [-0.2, 0) is 52.6 Å². The Morgan fingerprint density at radius 3 is 0.892 bits per heavy atom. The molecular formula is C38H80N8O11S8. The monoisotopic (exact) mass is 1080 g/mol. The standard InChI is InChI=1S/C27H48N6O9.C3H8N2O2.4C2H6S2/c34-22-25(37)28-4-16-40-19-13-31-7-1-8-32(14-20-41-17-5-29-26(38)23-35)10-3-12-33(11-2-9-31)15-21-42-18-6-30-27(39)24-36;1-5-3(6)2-7-4;4*1-3-4-2/h22-24H,1-21H2,(H,28,37)(H,29,38)(H,30,39);2,4H2,1H3,(H,5,6);4*1-2H3. The predicted octanol–water partition coefficient (Wildman–Crippen LogP) is 2.20. The predicted molar refractivity (Wildman–Crippen MR) is 285 cm³/mol. The van der Waals surface area contributed by atoms with E-state index in [0.717, 1.165) is 78.2 Å². The Bertz CT molecular complexity index is 960. The van der Waals surface area contributed by atoms with Crippen LogP contribution in [0.25, 0.3) is 0 Å². The third-order valence-corrected chi connectivity index (χ3v) is 13.0. The van der Waals surface area contributed by atoms with Crippen LogP contribution in [0.15, 0.2) is 0 Å². The number of hydrogen-bond donors (Lipinski definition) is 5. The van der Waals surface area contributed by atoms with Gasteiger partial charge in [-0.25, -0.2) is 5.90 Å². The highest BCUT2D eigenvalue weighted by Gasteiger charge is 2.13. The SMILES string of the molecule is CNC(=O)CON.CSSC.CSSC.CSSC.CSSC.O=CC(=O)NCCOCCN1CCCN(CCOCCNC(=O)C=O)CCCN(CCOCCNC(=O)C=O)CCC1. The largest absolute Gasteiger partial charge is 0.378 e. The van der Waals surface area contributed by atoms with E-state index < -0.39 is 17.7 Å². The first-order valence-corrected chi connectivity index (χ1v) is 32.2. The normalized spacial score (nSPS) is 13.1. The number of rotatable bonds is 27. The van der Waals surface area contributed by atoms with E-state index in [1.807, 2.05) is 0 Å². The van der Waals surface area contributed by atoms with Crippen LogP contribution >= 0.6 is 86.4 Å². The van der Waals surface area contributed by atoms with Crippen molar-refractivity contribution in [2.45, 2.75) is 19.3 Å². The van der Waals surface area contributed by atoms with Crippen molar-refractivity contribution in [1.82, 2.24) is 36.0 Å². The lowest BCUT2D eigenvalue weighted by Crippen LogP contribution is -2.39. The molecule has 1 aliphatic heterocycles. The molecule has 0 saturated carbocycles. The first-order valence-electron chi connectivity index (χ1n) is 20.3. The molecule has 6 N–H and O–H groups in total. The molecule has 0 aromatic heterocycles. The van der Waals surface area contributed by atoms with Crippen LogP contribution in [0.3, 0.4) is 0 Å². The fraction of sp³-hybridized carbons (Fsp3) is 0.816. The lowest BCUT2D eigenvalue weighted by molar-refractivity contribution is -0.131. The summed E-state index contributed by atoms with van der Waals surface area (Å²) in [4.78, 5) is 85.3. The Labute approximate surface area is 421 Å². The van der Waals surface area contributed by atoms with Gasteiger partial charge < -0.3 is 50.2 Å². The number of nitrogens with zero attached hydrogens (tertiary/aromatic N) is 3. The molecule has 1 saturated heterocycles. The van der Waals surface area contributed by atoms with Gasteiger partial charge in [0.2, 0.25) is 24.8 Å². The summed E-state index contributed by atoms with van der Waals surface area (Å²) >= 11 is 0. The van der Waals surface area contributed by atoms with E-state index in [-0.39, 0.29) is 31.4 Å². The molecule has 0 aromatic rings. The summed E-state index contributed by atoms with van der Waals surface area (Å²) < 4.78 is 16.9. The first kappa shape index (κ1) is 73.3. The van der Waals surface area contributed by atoms with Crippen LogP contribution in [0.5, 0.6) is 0 Å². The number of aldehydes is 3. The average molecular weight is 1080 g/mol. The zero-order valence-electron chi connectivity index (χ0n) is 40.0. The van der Waals surface area contributed by atoms with E-state index in [1.165, 1.54) is 7.05 Å². The third kappa shape index (κ3) is 67.7. The van der Waals surface area contributed by atoms with E-state index in [9.17, 15) is 33.6 Å². The lowest BCUT2D eigenvalue weighted by atomic mass is 10.2. The zero-order valence-corrected chi connectivity index (χ0v) is 46.5. The summed E-state index contributed by atoms with van der Waals surface area (Å²) in [6.45, 7) is 11.1. The Morgan fingerprint density at radius 2 is 0.723 bits per heavy atom. The number of likely N-dealkylation sites (N-methyl/N-ethyl adjacent to an activating group) is 1. The van der Waals surface area contributed by atoms with Crippen LogP contribution in [0.4, 0.5) is 0 Å². The van der Waals surface area contributed by atoms with Crippen LogP contribution in [-0.4, -0.2) is 239 Å². The molecule has 1 heterocycles. The molecule has 0 spiro atoms. The molecule has 4 amide bonds. The number of nitrogens with one attached hydrogen (secondary N) is 4. The zero-order chi connectivity index (χ0) is 50.0. The highest BCUT2D eigenvalue weighted by Crippen LogP contribution is 2.10. The third-order valence-electron chi connectivity index (χ3n) is 7.62. The van der Waals surface area contributed by atoms with Gasteiger partial charge in [0, 0.05) is 46.3 Å². The van der Waals surface area contributed by atoms with Crippen LogP contribution in [0.2, 0.25) is 0 Å². The fourth-order valence-corrected chi connectivity index (χ4v) is 4.46. The van der Waals surface area contributed by atoms with Crippen molar-refractivity contribution >= 4 is 129 Å². The molecule has 19 nitrogen and oxygen atoms in total. The maximum atomic E-state index is 11.0. The van der Waals surface area contributed by atoms with E-state index in [0.29, 0.717) is 59.3 Å². The van der Waals surface area contributed by atoms with Crippen molar-refractivity contribution in [3.63, 3.8) is 0 Å². The molecule has 0 aromatic carbocycles. The summed E-state index contributed by atoms with van der Waals surface area (Å²) in [6, 6.07) is 0. The lowest BCUT2D eigenvalue weighted by Gasteiger charge is -2.30. The fourth-order valence-electron chi connectivity index (χ4n) is 4.46. The molecule has 0 radical (unpaired) electrons. The number of hydrogen-bond acceptors (Lipinski definition) is 23. The molecule has 65 heavy (non-hydrogen) atoms. The van der Waals surface area contributed by atoms with Gasteiger partial charge in [-0.2, -0.15) is 0 Å². The number of nitrogens with two attached hydrogens (primary N) is 1. The van der Waals surface area contributed by atoms with Gasteiger partial charge in [0.15, 0.2) is 0 Å². The van der Waals surface area contributed by atoms with Crippen molar-refractivity contribution in [3.8, 4) is 0 Å². The van der Waals surface area contributed by atoms with Gasteiger partial charge in [0.25, 0.3) is 17.7 Å².